The summed E-state index contributed by atoms with van der Waals surface area (Å²) in [5.41, 5.74) is 1.88. The summed E-state index contributed by atoms with van der Waals surface area (Å²) < 4.78 is 0. The second-order valence-corrected chi connectivity index (χ2v) is 6.88. The van der Waals surface area contributed by atoms with Gasteiger partial charge in [0, 0.05) is 42.8 Å². The largest absolute Gasteiger partial charge is 0.355 e. The second-order valence-electron chi connectivity index (χ2n) is 6.44. The van der Waals surface area contributed by atoms with Crippen LogP contribution in [0.2, 0.25) is 5.02 Å². The number of carbonyl (C=O) groups excluding carboxylic acids is 2. The molecule has 1 aliphatic heterocycles. The average molecular weight is 375 g/mol. The first-order valence-electron chi connectivity index (χ1n) is 8.90. The lowest BCUT2D eigenvalue weighted by molar-refractivity contribution is -0.143. The predicted molar refractivity (Wildman–Crippen MR) is 99.6 cm³/mol. The third-order valence-electron chi connectivity index (χ3n) is 4.82. The third kappa shape index (κ3) is 4.07. The van der Waals surface area contributed by atoms with Crippen LogP contribution in [-0.4, -0.2) is 39.8 Å². The number of aromatic amines is 1. The summed E-state index contributed by atoms with van der Waals surface area (Å²) >= 11 is 6.15. The Kier molecular flexibility index (Phi) is 5.93. The first-order chi connectivity index (χ1) is 12.6. The Morgan fingerprint density at radius 2 is 2.31 bits per heavy atom. The second kappa shape index (κ2) is 8.36. The minimum absolute atomic E-state index is 0.0274. The average Bonchev–Trinajstić information content (AvgIpc) is 3.14. The molecule has 2 atom stereocenters. The summed E-state index contributed by atoms with van der Waals surface area (Å²) in [7, 11) is 0. The molecule has 1 aromatic heterocycles. The minimum Gasteiger partial charge on any atom is -0.355 e. The van der Waals surface area contributed by atoms with Gasteiger partial charge in [0.05, 0.1) is 18.3 Å². The lowest BCUT2D eigenvalue weighted by Gasteiger charge is -2.40. The van der Waals surface area contributed by atoms with Gasteiger partial charge in [-0.1, -0.05) is 23.7 Å². The van der Waals surface area contributed by atoms with Crippen LogP contribution >= 0.6 is 11.6 Å². The fourth-order valence-corrected chi connectivity index (χ4v) is 3.77. The van der Waals surface area contributed by atoms with E-state index in [1.54, 1.807) is 23.5 Å². The molecule has 7 heteroatoms. The number of nitrogens with zero attached hydrogens (tertiary/aromatic N) is 2. The van der Waals surface area contributed by atoms with Gasteiger partial charge in [0.15, 0.2) is 0 Å². The van der Waals surface area contributed by atoms with E-state index in [4.69, 9.17) is 11.6 Å². The first kappa shape index (κ1) is 18.5. The molecular formula is C19H23ClN4O2. The van der Waals surface area contributed by atoms with Crippen molar-refractivity contribution in [2.45, 2.75) is 32.2 Å². The number of aromatic nitrogens is 2. The molecule has 6 nitrogen and oxygen atoms in total. The van der Waals surface area contributed by atoms with Crippen LogP contribution in [0.1, 0.15) is 37.1 Å². The Morgan fingerprint density at radius 3 is 3.00 bits per heavy atom. The van der Waals surface area contributed by atoms with Gasteiger partial charge in [0.1, 0.15) is 0 Å². The highest BCUT2D eigenvalue weighted by molar-refractivity contribution is 6.30. The monoisotopic (exact) mass is 374 g/mol. The standard InChI is InChI=1S/C19H23ClN4O2/c1-2-24-17(25)7-6-16(18(24)13-4-3-5-14(20)10-13)19(26)22-9-8-15-11-21-12-23-15/h3-5,10-12,16,18H,2,6-9H2,1H3,(H,21,23)(H,22,26)/t16-,18+/m1/s1. The maximum absolute atomic E-state index is 12.9. The Hall–Kier alpha value is -2.34. The number of carbonyl (C=O) groups is 2. The Morgan fingerprint density at radius 1 is 1.46 bits per heavy atom. The summed E-state index contributed by atoms with van der Waals surface area (Å²) in [6.45, 7) is 3.03. The molecule has 1 fully saturated rings. The summed E-state index contributed by atoms with van der Waals surface area (Å²) in [5, 5.41) is 3.61. The smallest absolute Gasteiger partial charge is 0.225 e. The highest BCUT2D eigenvalue weighted by atomic mass is 35.5. The van der Waals surface area contributed by atoms with Crippen LogP contribution in [0, 0.1) is 5.92 Å². The van der Waals surface area contributed by atoms with Gasteiger partial charge >= 0.3 is 0 Å². The molecule has 1 aromatic carbocycles. The fourth-order valence-electron chi connectivity index (χ4n) is 3.58. The number of benzene rings is 1. The Balaban J connectivity index is 1.76. The number of nitrogens with one attached hydrogen (secondary N) is 2. The molecule has 2 N–H and O–H groups in total. The zero-order chi connectivity index (χ0) is 18.5. The molecular weight excluding hydrogens is 352 g/mol. The molecule has 138 valence electrons. The summed E-state index contributed by atoms with van der Waals surface area (Å²) in [4.78, 5) is 34.0. The van der Waals surface area contributed by atoms with Crippen molar-refractivity contribution in [2.75, 3.05) is 13.1 Å². The van der Waals surface area contributed by atoms with Crippen molar-refractivity contribution in [3.63, 3.8) is 0 Å². The van der Waals surface area contributed by atoms with Gasteiger partial charge in [0.2, 0.25) is 11.8 Å². The maximum atomic E-state index is 12.9. The van der Waals surface area contributed by atoms with Crippen LogP contribution in [0.3, 0.4) is 0 Å². The summed E-state index contributed by atoms with van der Waals surface area (Å²) in [6.07, 6.45) is 5.00. The van der Waals surface area contributed by atoms with Crippen molar-refractivity contribution in [3.05, 3.63) is 53.1 Å². The van der Waals surface area contributed by atoms with Crippen LogP contribution in [0.5, 0.6) is 0 Å². The molecule has 3 rings (SSSR count). The van der Waals surface area contributed by atoms with Crippen LogP contribution in [0.25, 0.3) is 0 Å². The van der Waals surface area contributed by atoms with Gasteiger partial charge in [-0.25, -0.2) is 4.98 Å². The van der Waals surface area contributed by atoms with Crippen molar-refractivity contribution >= 4 is 23.4 Å². The molecule has 0 radical (unpaired) electrons. The molecule has 1 aliphatic rings. The van der Waals surface area contributed by atoms with Crippen molar-refractivity contribution in [2.24, 2.45) is 5.92 Å². The quantitative estimate of drug-likeness (QED) is 0.816. The maximum Gasteiger partial charge on any atom is 0.225 e. The van der Waals surface area contributed by atoms with Gasteiger partial charge in [0.25, 0.3) is 0 Å². The topological polar surface area (TPSA) is 78.1 Å². The number of hydrogen-bond donors (Lipinski definition) is 2. The Bertz CT molecular complexity index is 763. The third-order valence-corrected chi connectivity index (χ3v) is 5.06. The lowest BCUT2D eigenvalue weighted by Crippen LogP contribution is -2.48. The Labute approximate surface area is 157 Å². The SMILES string of the molecule is CCN1C(=O)CC[C@@H](C(=O)NCCc2cnc[nH]2)[C@@H]1c1cccc(Cl)c1. The highest BCUT2D eigenvalue weighted by Gasteiger charge is 2.39. The predicted octanol–water partition coefficient (Wildman–Crippen LogP) is 2.72. The normalized spacial score (nSPS) is 20.2. The summed E-state index contributed by atoms with van der Waals surface area (Å²) in [5.74, 6) is -0.229. The highest BCUT2D eigenvalue weighted by Crippen LogP contribution is 2.37. The van der Waals surface area contributed by atoms with Crippen LogP contribution < -0.4 is 5.32 Å². The lowest BCUT2D eigenvalue weighted by atomic mass is 9.83. The van der Waals surface area contributed by atoms with Gasteiger partial charge in [-0.05, 0) is 31.0 Å². The van der Waals surface area contributed by atoms with Gasteiger partial charge in [-0.3, -0.25) is 9.59 Å². The number of H-pyrrole nitrogens is 1. The molecule has 0 spiro atoms. The molecule has 2 aromatic rings. The first-order valence-corrected chi connectivity index (χ1v) is 9.28. The van der Waals surface area contributed by atoms with Gasteiger partial charge in [-0.2, -0.15) is 0 Å². The van der Waals surface area contributed by atoms with Crippen LogP contribution in [0.4, 0.5) is 0 Å². The summed E-state index contributed by atoms with van der Waals surface area (Å²) in [6, 6.07) is 7.15. The molecule has 0 saturated carbocycles. The van der Waals surface area contributed by atoms with Gasteiger partial charge in [-0.15, -0.1) is 0 Å². The number of imidazole rings is 1. The van der Waals surface area contributed by atoms with Crippen LogP contribution in [-0.2, 0) is 16.0 Å². The molecule has 2 amide bonds. The van der Waals surface area contributed by atoms with E-state index in [9.17, 15) is 9.59 Å². The van der Waals surface area contributed by atoms with Gasteiger partial charge < -0.3 is 15.2 Å². The van der Waals surface area contributed by atoms with E-state index in [-0.39, 0.29) is 23.8 Å². The molecule has 26 heavy (non-hydrogen) atoms. The van der Waals surface area contributed by atoms with E-state index in [1.165, 1.54) is 0 Å². The molecule has 0 unspecified atom stereocenters. The van der Waals surface area contributed by atoms with E-state index >= 15 is 0 Å². The van der Waals surface area contributed by atoms with E-state index in [0.29, 0.717) is 37.4 Å². The van der Waals surface area contributed by atoms with Crippen molar-refractivity contribution < 1.29 is 9.59 Å². The van der Waals surface area contributed by atoms with Crippen molar-refractivity contribution in [3.8, 4) is 0 Å². The van der Waals surface area contributed by atoms with Crippen molar-refractivity contribution in [1.82, 2.24) is 20.2 Å². The number of amides is 2. The number of hydrogen-bond acceptors (Lipinski definition) is 3. The molecule has 0 bridgehead atoms. The number of halogens is 1. The number of likely N-dealkylation sites (tertiary alicyclic amines) is 1. The minimum atomic E-state index is -0.285. The van der Waals surface area contributed by atoms with E-state index in [1.807, 2.05) is 25.1 Å². The fraction of sp³-hybridized carbons (Fsp3) is 0.421. The molecule has 2 heterocycles. The molecule has 0 aliphatic carbocycles. The van der Waals surface area contributed by atoms with Crippen molar-refractivity contribution in [1.29, 1.82) is 0 Å². The number of piperidine rings is 1. The number of rotatable bonds is 6. The van der Waals surface area contributed by atoms with E-state index in [0.717, 1.165) is 11.3 Å². The van der Waals surface area contributed by atoms with E-state index < -0.39 is 0 Å². The zero-order valence-electron chi connectivity index (χ0n) is 14.7. The van der Waals surface area contributed by atoms with E-state index in [2.05, 4.69) is 15.3 Å². The van der Waals surface area contributed by atoms with Crippen LogP contribution in [0.15, 0.2) is 36.8 Å². The zero-order valence-corrected chi connectivity index (χ0v) is 15.5. The molecule has 1 saturated heterocycles.